The molecular weight excluding hydrogens is 422 g/mol. The van der Waals surface area contributed by atoms with Gasteiger partial charge in [-0.05, 0) is 85.8 Å². The van der Waals surface area contributed by atoms with Crippen LogP contribution in [-0.4, -0.2) is 5.71 Å². The number of hydrogen-bond acceptors (Lipinski definition) is 1. The maximum Gasteiger partial charge on any atom is 0.0152 e. The van der Waals surface area contributed by atoms with E-state index >= 15 is 0 Å². The first-order chi connectivity index (χ1) is 17.0. The maximum atomic E-state index is 8.35. The minimum atomic E-state index is 0.415. The third-order valence-electron chi connectivity index (χ3n) is 9.14. The van der Waals surface area contributed by atoms with E-state index in [9.17, 15) is 0 Å². The van der Waals surface area contributed by atoms with E-state index in [1.54, 1.807) is 22.3 Å². The predicted octanol–water partition coefficient (Wildman–Crippen LogP) is 9.90. The third-order valence-corrected chi connectivity index (χ3v) is 9.14. The van der Waals surface area contributed by atoms with Gasteiger partial charge in [-0.25, -0.2) is 0 Å². The topological polar surface area (TPSA) is 23.9 Å². The van der Waals surface area contributed by atoms with Crippen molar-refractivity contribution >= 4 is 11.3 Å². The van der Waals surface area contributed by atoms with Gasteiger partial charge in [-0.3, -0.25) is 0 Å². The van der Waals surface area contributed by atoms with Crippen LogP contribution in [0.4, 0.5) is 0 Å². The molecule has 1 fully saturated rings. The lowest BCUT2D eigenvalue weighted by Crippen LogP contribution is -2.37. The number of aryl methyl sites for hydroxylation is 1. The van der Waals surface area contributed by atoms with E-state index in [0.29, 0.717) is 23.7 Å². The lowest BCUT2D eigenvalue weighted by Gasteiger charge is -2.39. The average molecular weight is 472 g/mol. The van der Waals surface area contributed by atoms with Crippen molar-refractivity contribution in [1.29, 1.82) is 5.41 Å². The molecule has 4 rings (SSSR count). The van der Waals surface area contributed by atoms with Gasteiger partial charge >= 0.3 is 0 Å². The quantitative estimate of drug-likeness (QED) is 0.293. The van der Waals surface area contributed by atoms with Gasteiger partial charge in [0, 0.05) is 11.6 Å². The van der Waals surface area contributed by atoms with Gasteiger partial charge in [0.2, 0.25) is 0 Å². The molecule has 1 aromatic carbocycles. The van der Waals surface area contributed by atoms with Crippen LogP contribution >= 0.6 is 0 Å². The first-order valence-electron chi connectivity index (χ1n) is 14.7. The smallest absolute Gasteiger partial charge is 0.0152 e. The molecule has 3 aliphatic rings. The predicted molar refractivity (Wildman–Crippen MR) is 153 cm³/mol. The molecule has 0 aromatic heterocycles. The van der Waals surface area contributed by atoms with E-state index < -0.39 is 0 Å². The minimum absolute atomic E-state index is 0.415. The van der Waals surface area contributed by atoms with Crippen molar-refractivity contribution in [3.63, 3.8) is 0 Å². The Bertz CT molecular complexity index is 961. The summed E-state index contributed by atoms with van der Waals surface area (Å²) < 4.78 is 0. The van der Waals surface area contributed by atoms with Crippen molar-refractivity contribution in [3.8, 4) is 0 Å². The second-order valence-corrected chi connectivity index (χ2v) is 11.9. The van der Waals surface area contributed by atoms with Gasteiger partial charge in [-0.2, -0.15) is 0 Å². The molecule has 190 valence electrons. The van der Waals surface area contributed by atoms with Crippen molar-refractivity contribution < 1.29 is 0 Å². The molecule has 0 saturated heterocycles. The summed E-state index contributed by atoms with van der Waals surface area (Å²) in [5, 5.41) is 8.35. The fourth-order valence-electron chi connectivity index (χ4n) is 7.06. The molecule has 0 heterocycles. The fraction of sp³-hybridized carbons (Fsp3) is 0.618. The summed E-state index contributed by atoms with van der Waals surface area (Å²) in [5.41, 5.74) is 8.66. The molecule has 0 spiro atoms. The molecule has 1 N–H and O–H groups in total. The van der Waals surface area contributed by atoms with Gasteiger partial charge in [0.05, 0.1) is 0 Å². The number of benzene rings is 1. The monoisotopic (exact) mass is 471 g/mol. The van der Waals surface area contributed by atoms with Gasteiger partial charge < -0.3 is 5.41 Å². The van der Waals surface area contributed by atoms with E-state index in [0.717, 1.165) is 18.1 Å². The van der Waals surface area contributed by atoms with Crippen LogP contribution in [0.2, 0.25) is 0 Å². The van der Waals surface area contributed by atoms with Crippen molar-refractivity contribution in [1.82, 2.24) is 0 Å². The van der Waals surface area contributed by atoms with Crippen molar-refractivity contribution in [2.75, 3.05) is 0 Å². The molecule has 35 heavy (non-hydrogen) atoms. The maximum absolute atomic E-state index is 8.35. The third kappa shape index (κ3) is 6.46. The number of rotatable bonds is 12. The Balaban J connectivity index is 1.13. The summed E-state index contributed by atoms with van der Waals surface area (Å²) in [7, 11) is 0. The zero-order chi connectivity index (χ0) is 24.8. The molecule has 0 radical (unpaired) electrons. The number of unbranched alkanes of at least 4 members (excludes halogenated alkanes) is 5. The molecular formula is C34H49N. The Morgan fingerprint density at radius 1 is 1.00 bits per heavy atom. The molecule has 0 bridgehead atoms. The van der Waals surface area contributed by atoms with Gasteiger partial charge in [-0.1, -0.05) is 113 Å². The summed E-state index contributed by atoms with van der Waals surface area (Å²) in [4.78, 5) is 0. The van der Waals surface area contributed by atoms with Crippen LogP contribution in [0, 0.1) is 41.9 Å². The molecule has 1 nitrogen and oxygen atoms in total. The number of allylic oxidation sites excluding steroid dienone is 6. The normalized spacial score (nSPS) is 26.2. The van der Waals surface area contributed by atoms with Crippen LogP contribution in [0.5, 0.6) is 0 Å². The van der Waals surface area contributed by atoms with Crippen molar-refractivity contribution in [3.05, 3.63) is 64.8 Å². The fourth-order valence-corrected chi connectivity index (χ4v) is 7.06. The van der Waals surface area contributed by atoms with E-state index in [1.807, 2.05) is 0 Å². The van der Waals surface area contributed by atoms with Gasteiger partial charge in [0.1, 0.15) is 0 Å². The van der Waals surface area contributed by atoms with E-state index in [2.05, 4.69) is 70.2 Å². The van der Waals surface area contributed by atoms with Crippen molar-refractivity contribution in [2.24, 2.45) is 29.6 Å². The number of nitrogens with one attached hydrogen (secondary N) is 1. The zero-order valence-electron chi connectivity index (χ0n) is 22.9. The highest BCUT2D eigenvalue weighted by Crippen LogP contribution is 2.41. The van der Waals surface area contributed by atoms with Crippen LogP contribution in [0.15, 0.2) is 48.1 Å². The minimum Gasteiger partial charge on any atom is -0.309 e. The molecule has 5 unspecified atom stereocenters. The number of hydrogen-bond donors (Lipinski definition) is 1. The number of fused-ring (bicyclic) bond motifs is 2. The van der Waals surface area contributed by atoms with Crippen LogP contribution in [0.3, 0.4) is 0 Å². The molecule has 3 aliphatic carbocycles. The van der Waals surface area contributed by atoms with Gasteiger partial charge in [0.15, 0.2) is 0 Å². The van der Waals surface area contributed by atoms with Crippen LogP contribution in [0.1, 0.15) is 108 Å². The first kappa shape index (κ1) is 26.2. The first-order valence-corrected chi connectivity index (χ1v) is 14.7. The second kappa shape index (κ2) is 12.4. The Kier molecular flexibility index (Phi) is 9.26. The Hall–Kier alpha value is -1.89. The molecule has 1 saturated carbocycles. The largest absolute Gasteiger partial charge is 0.309 e. The van der Waals surface area contributed by atoms with E-state index in [-0.39, 0.29) is 0 Å². The van der Waals surface area contributed by atoms with Gasteiger partial charge in [0.25, 0.3) is 0 Å². The Morgan fingerprint density at radius 3 is 2.57 bits per heavy atom. The Labute approximate surface area is 215 Å². The lowest BCUT2D eigenvalue weighted by molar-refractivity contribution is 0.314. The molecule has 1 aromatic rings. The standard InChI is InChI=1S/C34H49N/c1-5-12-28(32-20-17-29-21-24(2)15-18-33(29)32)14-11-9-7-6-8-10-13-27-16-19-31-26(4)34(35)25(3)22-30(31)23-27/h15-16,18-21,23,25-26,28,30-31,35H,5-14,17,22H2,1-4H3. The summed E-state index contributed by atoms with van der Waals surface area (Å²) in [6, 6.07) is 7.06. The van der Waals surface area contributed by atoms with E-state index in [1.165, 1.54) is 76.2 Å². The van der Waals surface area contributed by atoms with Crippen molar-refractivity contribution in [2.45, 2.75) is 105 Å². The van der Waals surface area contributed by atoms with Crippen LogP contribution in [-0.2, 0) is 6.42 Å². The highest BCUT2D eigenvalue weighted by atomic mass is 14.5. The summed E-state index contributed by atoms with van der Waals surface area (Å²) in [5.74, 6) is 2.86. The molecule has 0 amide bonds. The lowest BCUT2D eigenvalue weighted by atomic mass is 9.65. The summed E-state index contributed by atoms with van der Waals surface area (Å²) in [6.07, 6.45) is 25.7. The molecule has 5 atom stereocenters. The van der Waals surface area contributed by atoms with E-state index in [4.69, 9.17) is 5.41 Å². The highest BCUT2D eigenvalue weighted by molar-refractivity contribution is 5.87. The van der Waals surface area contributed by atoms with Crippen LogP contribution in [0.25, 0.3) is 5.57 Å². The van der Waals surface area contributed by atoms with Gasteiger partial charge in [-0.15, -0.1) is 0 Å². The summed E-state index contributed by atoms with van der Waals surface area (Å²) in [6.45, 7) is 9.06. The average Bonchev–Trinajstić information content (AvgIpc) is 3.26. The zero-order valence-corrected chi connectivity index (χ0v) is 22.9. The summed E-state index contributed by atoms with van der Waals surface area (Å²) >= 11 is 0. The molecule has 0 aliphatic heterocycles. The SMILES string of the molecule is CCCC(CCCCCCCCC1=CC2CC(C)C(=N)C(C)C2C=C1)C1=CCc2cc(C)ccc21. The van der Waals surface area contributed by atoms with Crippen LogP contribution < -0.4 is 0 Å². The highest BCUT2D eigenvalue weighted by Gasteiger charge is 2.36. The second-order valence-electron chi connectivity index (χ2n) is 11.9. The Morgan fingerprint density at radius 2 is 1.77 bits per heavy atom. The molecule has 1 heteroatoms.